The largest absolute Gasteiger partial charge is 0.366 e. The number of carbonyl (C=O) groups excluding carboxylic acids is 1. The maximum Gasteiger partial charge on any atom is 0.248 e. The molecular formula is C12H14N4O. The molecule has 5 heteroatoms. The summed E-state index contributed by atoms with van der Waals surface area (Å²) in [6, 6.07) is 5.30. The summed E-state index contributed by atoms with van der Waals surface area (Å²) in [5, 5.41) is 8.19. The molecule has 1 amide bonds. The fourth-order valence-electron chi connectivity index (χ4n) is 1.69. The smallest absolute Gasteiger partial charge is 0.248 e. The summed E-state index contributed by atoms with van der Waals surface area (Å²) in [6.07, 6.45) is 3.23. The van der Waals surface area contributed by atoms with Gasteiger partial charge in [-0.05, 0) is 29.7 Å². The highest BCUT2D eigenvalue weighted by molar-refractivity contribution is 5.93. The number of carbonyl (C=O) groups is 1. The minimum Gasteiger partial charge on any atom is -0.366 e. The molecule has 0 atom stereocenters. The third-order valence-corrected chi connectivity index (χ3v) is 2.57. The highest BCUT2D eigenvalue weighted by atomic mass is 16.1. The molecular weight excluding hydrogens is 216 g/mol. The fraction of sp³-hybridized carbons (Fsp3) is 0.250. The zero-order chi connectivity index (χ0) is 12.4. The van der Waals surface area contributed by atoms with Gasteiger partial charge in [-0.25, -0.2) is 0 Å². The van der Waals surface area contributed by atoms with Crippen LogP contribution in [0.25, 0.3) is 5.69 Å². The van der Waals surface area contributed by atoms with Crippen molar-refractivity contribution >= 4 is 5.91 Å². The van der Waals surface area contributed by atoms with Crippen molar-refractivity contribution in [1.29, 1.82) is 0 Å². The average molecular weight is 230 g/mol. The number of hydrogen-bond acceptors (Lipinski definition) is 3. The van der Waals surface area contributed by atoms with Crippen LogP contribution < -0.4 is 5.73 Å². The summed E-state index contributed by atoms with van der Waals surface area (Å²) in [4.78, 5) is 12.7. The predicted molar refractivity (Wildman–Crippen MR) is 64.0 cm³/mol. The number of nitrogens with zero attached hydrogens (tertiary/aromatic N) is 3. The fourth-order valence-corrected chi connectivity index (χ4v) is 1.69. The molecule has 0 saturated heterocycles. The van der Waals surface area contributed by atoms with Crippen LogP contribution in [0.2, 0.25) is 0 Å². The van der Waals surface area contributed by atoms with Gasteiger partial charge >= 0.3 is 0 Å². The highest BCUT2D eigenvalue weighted by Gasteiger charge is 2.12. The Bertz CT molecular complexity index is 531. The Labute approximate surface area is 99.2 Å². The Hall–Kier alpha value is -2.17. The second kappa shape index (κ2) is 4.37. The van der Waals surface area contributed by atoms with Crippen molar-refractivity contribution in [1.82, 2.24) is 15.0 Å². The van der Waals surface area contributed by atoms with E-state index >= 15 is 0 Å². The van der Waals surface area contributed by atoms with Crippen LogP contribution in [0, 0.1) is 0 Å². The maximum absolute atomic E-state index is 11.2. The van der Waals surface area contributed by atoms with E-state index in [0.29, 0.717) is 5.56 Å². The van der Waals surface area contributed by atoms with Gasteiger partial charge in [-0.15, -0.1) is 0 Å². The van der Waals surface area contributed by atoms with Crippen molar-refractivity contribution < 1.29 is 4.79 Å². The van der Waals surface area contributed by atoms with Crippen LogP contribution in [0.4, 0.5) is 0 Å². The van der Waals surface area contributed by atoms with Crippen LogP contribution in [0.1, 0.15) is 35.7 Å². The molecule has 88 valence electrons. The van der Waals surface area contributed by atoms with Crippen molar-refractivity contribution in [2.75, 3.05) is 0 Å². The van der Waals surface area contributed by atoms with Gasteiger partial charge in [0.2, 0.25) is 5.91 Å². The first-order chi connectivity index (χ1) is 8.09. The first kappa shape index (κ1) is 11.3. The Morgan fingerprint density at radius 1 is 1.29 bits per heavy atom. The third kappa shape index (κ3) is 2.18. The van der Waals surface area contributed by atoms with Gasteiger partial charge < -0.3 is 5.73 Å². The minimum atomic E-state index is -0.424. The summed E-state index contributed by atoms with van der Waals surface area (Å²) in [5.74, 6) is -0.165. The van der Waals surface area contributed by atoms with E-state index in [1.807, 2.05) is 19.9 Å². The molecule has 0 aliphatic rings. The summed E-state index contributed by atoms with van der Waals surface area (Å²) >= 11 is 0. The number of benzene rings is 1. The standard InChI is InChI=1S/C12H14N4O/c1-8(2)10-7-9(12(13)17)3-4-11(10)16-14-5-6-15-16/h3-8H,1-2H3,(H2,13,17). The second-order valence-electron chi connectivity index (χ2n) is 4.11. The third-order valence-electron chi connectivity index (χ3n) is 2.57. The van der Waals surface area contributed by atoms with E-state index < -0.39 is 5.91 Å². The summed E-state index contributed by atoms with van der Waals surface area (Å²) in [5.41, 5.74) is 7.65. The van der Waals surface area contributed by atoms with Crippen LogP contribution >= 0.6 is 0 Å². The van der Waals surface area contributed by atoms with Crippen LogP contribution in [0.3, 0.4) is 0 Å². The Morgan fingerprint density at radius 3 is 2.47 bits per heavy atom. The van der Waals surface area contributed by atoms with Crippen molar-refractivity contribution in [2.24, 2.45) is 5.73 Å². The van der Waals surface area contributed by atoms with E-state index in [2.05, 4.69) is 10.2 Å². The number of primary amides is 1. The van der Waals surface area contributed by atoms with E-state index in [1.54, 1.807) is 29.3 Å². The SMILES string of the molecule is CC(C)c1cc(C(N)=O)ccc1-n1nccn1. The molecule has 0 fully saturated rings. The van der Waals surface area contributed by atoms with Gasteiger partial charge in [0.15, 0.2) is 0 Å². The van der Waals surface area contributed by atoms with Gasteiger partial charge in [0.25, 0.3) is 0 Å². The van der Waals surface area contributed by atoms with Gasteiger partial charge in [-0.1, -0.05) is 13.8 Å². The topological polar surface area (TPSA) is 73.8 Å². The molecule has 1 aromatic heterocycles. The first-order valence-electron chi connectivity index (χ1n) is 5.40. The number of aromatic nitrogens is 3. The molecule has 0 aliphatic carbocycles. The lowest BCUT2D eigenvalue weighted by Gasteiger charge is -2.12. The number of amides is 1. The highest BCUT2D eigenvalue weighted by Crippen LogP contribution is 2.23. The van der Waals surface area contributed by atoms with Gasteiger partial charge in [-0.2, -0.15) is 15.0 Å². The van der Waals surface area contributed by atoms with Crippen molar-refractivity contribution in [3.63, 3.8) is 0 Å². The predicted octanol–water partition coefficient (Wildman–Crippen LogP) is 1.49. The molecule has 0 bridgehead atoms. The van der Waals surface area contributed by atoms with E-state index in [-0.39, 0.29) is 5.92 Å². The molecule has 2 N–H and O–H groups in total. The second-order valence-corrected chi connectivity index (χ2v) is 4.11. The Balaban J connectivity index is 2.57. The quantitative estimate of drug-likeness (QED) is 0.868. The van der Waals surface area contributed by atoms with Gasteiger partial charge in [0.1, 0.15) is 0 Å². The van der Waals surface area contributed by atoms with Crippen LogP contribution in [0.15, 0.2) is 30.6 Å². The molecule has 0 saturated carbocycles. The Kier molecular flexibility index (Phi) is 2.91. The van der Waals surface area contributed by atoms with Gasteiger partial charge in [0, 0.05) is 5.56 Å². The van der Waals surface area contributed by atoms with Crippen molar-refractivity contribution in [3.8, 4) is 5.69 Å². The molecule has 2 aromatic rings. The zero-order valence-corrected chi connectivity index (χ0v) is 9.79. The molecule has 0 unspecified atom stereocenters. The molecule has 5 nitrogen and oxygen atoms in total. The lowest BCUT2D eigenvalue weighted by atomic mass is 9.98. The minimum absolute atomic E-state index is 0.260. The van der Waals surface area contributed by atoms with E-state index in [1.165, 1.54) is 0 Å². The van der Waals surface area contributed by atoms with Gasteiger partial charge in [-0.3, -0.25) is 4.79 Å². The monoisotopic (exact) mass is 230 g/mol. The van der Waals surface area contributed by atoms with Gasteiger partial charge in [0.05, 0.1) is 18.1 Å². The molecule has 1 heterocycles. The van der Waals surface area contributed by atoms with Crippen LogP contribution in [0.5, 0.6) is 0 Å². The summed E-state index contributed by atoms with van der Waals surface area (Å²) in [7, 11) is 0. The average Bonchev–Trinajstić information content (AvgIpc) is 2.81. The molecule has 0 radical (unpaired) electrons. The molecule has 0 spiro atoms. The Morgan fingerprint density at radius 2 is 1.94 bits per heavy atom. The van der Waals surface area contributed by atoms with E-state index in [9.17, 15) is 4.79 Å². The van der Waals surface area contributed by atoms with Crippen LogP contribution in [-0.2, 0) is 0 Å². The van der Waals surface area contributed by atoms with Crippen LogP contribution in [-0.4, -0.2) is 20.9 Å². The lowest BCUT2D eigenvalue weighted by Crippen LogP contribution is -2.13. The van der Waals surface area contributed by atoms with E-state index in [0.717, 1.165) is 11.3 Å². The summed E-state index contributed by atoms with van der Waals surface area (Å²) < 4.78 is 0. The number of nitrogens with two attached hydrogens (primary N) is 1. The molecule has 0 aliphatic heterocycles. The number of hydrogen-bond donors (Lipinski definition) is 1. The normalized spacial score (nSPS) is 10.8. The molecule has 17 heavy (non-hydrogen) atoms. The zero-order valence-electron chi connectivity index (χ0n) is 9.79. The maximum atomic E-state index is 11.2. The first-order valence-corrected chi connectivity index (χ1v) is 5.40. The molecule has 2 rings (SSSR count). The van der Waals surface area contributed by atoms with Crippen molar-refractivity contribution in [2.45, 2.75) is 19.8 Å². The lowest BCUT2D eigenvalue weighted by molar-refractivity contribution is 0.1000. The van der Waals surface area contributed by atoms with Crippen molar-refractivity contribution in [3.05, 3.63) is 41.7 Å². The van der Waals surface area contributed by atoms with E-state index in [4.69, 9.17) is 5.73 Å². The molecule has 1 aromatic carbocycles. The number of rotatable bonds is 3. The summed E-state index contributed by atoms with van der Waals surface area (Å²) in [6.45, 7) is 4.10.